The molecule has 2 aromatic carbocycles. The van der Waals surface area contributed by atoms with Gasteiger partial charge in [0.2, 0.25) is 0 Å². The summed E-state index contributed by atoms with van der Waals surface area (Å²) in [6.07, 6.45) is 5.91. The van der Waals surface area contributed by atoms with E-state index in [1.807, 2.05) is 42.5 Å². The Bertz CT molecular complexity index is 1130. The Morgan fingerprint density at radius 1 is 1.11 bits per heavy atom. The van der Waals surface area contributed by atoms with Crippen LogP contribution in [0.4, 0.5) is 4.39 Å². The molecule has 1 aromatic heterocycles. The largest absolute Gasteiger partial charge is 0.496 e. The second-order valence-corrected chi connectivity index (χ2v) is 9.54. The minimum absolute atomic E-state index is 0. The molecule has 1 aliphatic rings. The highest BCUT2D eigenvalue weighted by Gasteiger charge is 2.40. The number of methoxy groups -OCH3 is 1. The van der Waals surface area contributed by atoms with Gasteiger partial charge in [-0.15, -0.1) is 12.4 Å². The van der Waals surface area contributed by atoms with Crippen molar-refractivity contribution in [2.75, 3.05) is 33.3 Å². The zero-order valence-corrected chi connectivity index (χ0v) is 22.5. The molecule has 37 heavy (non-hydrogen) atoms. The molecule has 1 aliphatic carbocycles. The van der Waals surface area contributed by atoms with E-state index in [1.165, 1.54) is 6.07 Å². The Hall–Kier alpha value is -2.96. The summed E-state index contributed by atoms with van der Waals surface area (Å²) in [7, 11) is 1.65. The Morgan fingerprint density at radius 2 is 1.92 bits per heavy atom. The van der Waals surface area contributed by atoms with Crippen LogP contribution in [0.15, 0.2) is 66.9 Å². The number of nitrogens with one attached hydrogen (secondary N) is 1. The maximum Gasteiger partial charge on any atom is 0.251 e. The lowest BCUT2D eigenvalue weighted by Crippen LogP contribution is -2.29. The standard InChI is InChI=1S/C30H36FN3O2.ClH/c1-3-17-34(21-24-19-26(24)27-20-25(31)13-14-29(27)36-2)18-7-6-16-33-30(35)23-11-9-22(10-12-23)28-8-4-5-15-32-28;/h4-5,8-15,20,24,26H,3,6-7,16-19,21H2,1-2H3,(H,33,35);1H/t24-,26+;/m1./s1. The first-order chi connectivity index (χ1) is 17.6. The normalized spacial score (nSPS) is 16.2. The van der Waals surface area contributed by atoms with Gasteiger partial charge in [-0.25, -0.2) is 4.39 Å². The molecule has 5 nitrogen and oxygen atoms in total. The summed E-state index contributed by atoms with van der Waals surface area (Å²) >= 11 is 0. The highest BCUT2D eigenvalue weighted by Crippen LogP contribution is 2.50. The topological polar surface area (TPSA) is 54.5 Å². The molecule has 1 amide bonds. The predicted octanol–water partition coefficient (Wildman–Crippen LogP) is 6.34. The van der Waals surface area contributed by atoms with Crippen molar-refractivity contribution < 1.29 is 13.9 Å². The molecule has 1 N–H and O–H groups in total. The fourth-order valence-corrected chi connectivity index (χ4v) is 4.86. The number of aromatic nitrogens is 1. The van der Waals surface area contributed by atoms with Crippen molar-refractivity contribution >= 4 is 18.3 Å². The number of halogens is 2. The monoisotopic (exact) mass is 525 g/mol. The zero-order chi connectivity index (χ0) is 25.3. The van der Waals surface area contributed by atoms with Crippen molar-refractivity contribution in [3.63, 3.8) is 0 Å². The Kier molecular flexibility index (Phi) is 10.9. The first-order valence-corrected chi connectivity index (χ1v) is 12.9. The molecule has 0 spiro atoms. The van der Waals surface area contributed by atoms with Crippen LogP contribution in [0.5, 0.6) is 5.75 Å². The number of hydrogen-bond acceptors (Lipinski definition) is 4. The molecule has 2 atom stereocenters. The van der Waals surface area contributed by atoms with Crippen molar-refractivity contribution in [2.24, 2.45) is 5.92 Å². The van der Waals surface area contributed by atoms with Crippen LogP contribution in [0.2, 0.25) is 0 Å². The van der Waals surface area contributed by atoms with E-state index in [4.69, 9.17) is 4.74 Å². The molecule has 0 aliphatic heterocycles. The van der Waals surface area contributed by atoms with Gasteiger partial charge in [-0.1, -0.05) is 25.1 Å². The summed E-state index contributed by atoms with van der Waals surface area (Å²) in [6, 6.07) is 18.2. The number of nitrogens with zero attached hydrogens (tertiary/aromatic N) is 2. The van der Waals surface area contributed by atoms with Gasteiger partial charge in [0, 0.05) is 36.0 Å². The van der Waals surface area contributed by atoms with Crippen molar-refractivity contribution in [1.82, 2.24) is 15.2 Å². The minimum atomic E-state index is -0.201. The Balaban J connectivity index is 0.00000380. The fourth-order valence-electron chi connectivity index (χ4n) is 4.86. The van der Waals surface area contributed by atoms with Gasteiger partial charge in [-0.2, -0.15) is 0 Å². The molecule has 198 valence electrons. The Morgan fingerprint density at radius 3 is 2.62 bits per heavy atom. The lowest BCUT2D eigenvalue weighted by atomic mass is 10.1. The zero-order valence-electron chi connectivity index (χ0n) is 21.7. The highest BCUT2D eigenvalue weighted by atomic mass is 35.5. The van der Waals surface area contributed by atoms with Crippen molar-refractivity contribution in [3.8, 4) is 17.0 Å². The number of benzene rings is 2. The van der Waals surface area contributed by atoms with Crippen LogP contribution < -0.4 is 10.1 Å². The summed E-state index contributed by atoms with van der Waals surface area (Å²) in [5.74, 6) is 1.46. The van der Waals surface area contributed by atoms with E-state index in [2.05, 4.69) is 22.1 Å². The van der Waals surface area contributed by atoms with Gasteiger partial charge in [-0.05, 0) is 93.1 Å². The average Bonchev–Trinajstić information content (AvgIpc) is 3.68. The third-order valence-electron chi connectivity index (χ3n) is 6.84. The van der Waals surface area contributed by atoms with Crippen LogP contribution in [0.3, 0.4) is 0 Å². The smallest absolute Gasteiger partial charge is 0.251 e. The third-order valence-corrected chi connectivity index (χ3v) is 6.84. The maximum absolute atomic E-state index is 13.8. The van der Waals surface area contributed by atoms with E-state index < -0.39 is 0 Å². The van der Waals surface area contributed by atoms with Gasteiger partial charge >= 0.3 is 0 Å². The number of carbonyl (C=O) groups is 1. The van der Waals surface area contributed by atoms with E-state index in [0.717, 1.165) is 67.9 Å². The molecule has 0 saturated heterocycles. The van der Waals surface area contributed by atoms with Crippen molar-refractivity contribution in [1.29, 1.82) is 0 Å². The van der Waals surface area contributed by atoms with Gasteiger partial charge in [0.05, 0.1) is 12.8 Å². The number of carbonyl (C=O) groups excluding carboxylic acids is 1. The van der Waals surface area contributed by atoms with Crippen LogP contribution >= 0.6 is 12.4 Å². The number of rotatable bonds is 13. The summed E-state index contributed by atoms with van der Waals surface area (Å²) < 4.78 is 19.2. The lowest BCUT2D eigenvalue weighted by molar-refractivity contribution is 0.0952. The van der Waals surface area contributed by atoms with E-state index in [9.17, 15) is 9.18 Å². The molecule has 1 saturated carbocycles. The van der Waals surface area contributed by atoms with Crippen LogP contribution in [0.1, 0.15) is 54.4 Å². The number of hydrogen-bond donors (Lipinski definition) is 1. The number of ether oxygens (including phenoxy) is 1. The molecule has 0 bridgehead atoms. The van der Waals surface area contributed by atoms with Crippen LogP contribution in [-0.4, -0.2) is 49.1 Å². The van der Waals surface area contributed by atoms with E-state index >= 15 is 0 Å². The average molecular weight is 526 g/mol. The van der Waals surface area contributed by atoms with Crippen LogP contribution in [0, 0.1) is 11.7 Å². The van der Waals surface area contributed by atoms with Gasteiger partial charge in [-0.3, -0.25) is 9.78 Å². The molecule has 0 radical (unpaired) electrons. The molecule has 7 heteroatoms. The minimum Gasteiger partial charge on any atom is -0.496 e. The molecule has 3 aromatic rings. The third kappa shape index (κ3) is 8.01. The molecular weight excluding hydrogens is 489 g/mol. The first-order valence-electron chi connectivity index (χ1n) is 12.9. The van der Waals surface area contributed by atoms with Crippen LogP contribution in [0.25, 0.3) is 11.3 Å². The van der Waals surface area contributed by atoms with Gasteiger partial charge in [0.25, 0.3) is 5.91 Å². The quantitative estimate of drug-likeness (QED) is 0.264. The summed E-state index contributed by atoms with van der Waals surface area (Å²) in [5.41, 5.74) is 3.55. The second-order valence-electron chi connectivity index (χ2n) is 9.54. The number of unbranched alkanes of at least 4 members (excludes halogenated alkanes) is 1. The number of amides is 1. The summed E-state index contributed by atoms with van der Waals surface area (Å²) in [4.78, 5) is 19.4. The van der Waals surface area contributed by atoms with E-state index in [1.54, 1.807) is 25.4 Å². The fraction of sp³-hybridized carbons (Fsp3) is 0.400. The van der Waals surface area contributed by atoms with Crippen molar-refractivity contribution in [3.05, 3.63) is 83.8 Å². The number of pyridine rings is 1. The maximum atomic E-state index is 13.8. The molecular formula is C30H37ClFN3O2. The van der Waals surface area contributed by atoms with Crippen molar-refractivity contribution in [2.45, 2.75) is 38.5 Å². The second kappa shape index (κ2) is 14.1. The summed E-state index contributed by atoms with van der Waals surface area (Å²) in [6.45, 7) is 5.94. The van der Waals surface area contributed by atoms with E-state index in [0.29, 0.717) is 23.9 Å². The van der Waals surface area contributed by atoms with Gasteiger partial charge in [0.1, 0.15) is 11.6 Å². The van der Waals surface area contributed by atoms with Gasteiger partial charge < -0.3 is 15.0 Å². The molecule has 4 rings (SSSR count). The van der Waals surface area contributed by atoms with E-state index in [-0.39, 0.29) is 24.1 Å². The summed E-state index contributed by atoms with van der Waals surface area (Å²) in [5, 5.41) is 3.04. The molecule has 1 fully saturated rings. The predicted molar refractivity (Wildman–Crippen MR) is 149 cm³/mol. The lowest BCUT2D eigenvalue weighted by Gasteiger charge is -2.22. The Labute approximate surface area is 225 Å². The molecule has 1 heterocycles. The first kappa shape index (κ1) is 28.6. The highest BCUT2D eigenvalue weighted by molar-refractivity contribution is 5.94. The molecule has 0 unspecified atom stereocenters. The van der Waals surface area contributed by atoms with Gasteiger partial charge in [0.15, 0.2) is 0 Å². The van der Waals surface area contributed by atoms with Crippen LogP contribution in [-0.2, 0) is 0 Å². The SMILES string of the molecule is CCCN(CCCCNC(=O)c1ccc(-c2ccccn2)cc1)C[C@H]1C[C@@H]1c1cc(F)ccc1OC.Cl.